The van der Waals surface area contributed by atoms with Crippen LogP contribution >= 0.6 is 11.3 Å². The van der Waals surface area contributed by atoms with Crippen molar-refractivity contribution < 1.29 is 9.00 Å². The molecule has 0 radical (unpaired) electrons. The Morgan fingerprint density at radius 2 is 2.09 bits per heavy atom. The lowest BCUT2D eigenvalue weighted by Gasteiger charge is -2.18. The molecule has 0 saturated heterocycles. The Hall–Kier alpha value is -1.37. The van der Waals surface area contributed by atoms with Crippen LogP contribution in [-0.2, 0) is 11.0 Å². The Balaban J connectivity index is 1.96. The summed E-state index contributed by atoms with van der Waals surface area (Å²) in [4.78, 5) is 17.3. The highest BCUT2D eigenvalue weighted by Gasteiger charge is 2.20. The third-order valence-electron chi connectivity index (χ3n) is 4.27. The summed E-state index contributed by atoms with van der Waals surface area (Å²) in [6.45, 7) is 0. The second-order valence-electron chi connectivity index (χ2n) is 5.74. The van der Waals surface area contributed by atoms with Crippen LogP contribution in [0.3, 0.4) is 0 Å². The fourth-order valence-corrected chi connectivity index (χ4v) is 5.06. The van der Waals surface area contributed by atoms with E-state index in [1.807, 2.05) is 12.3 Å². The lowest BCUT2D eigenvalue weighted by molar-refractivity contribution is 0.112. The maximum atomic E-state index is 12.3. The minimum absolute atomic E-state index is 0.532. The highest BCUT2D eigenvalue weighted by Crippen LogP contribution is 2.38. The fraction of sp³-hybridized carbons (Fsp3) is 0.412. The Morgan fingerprint density at radius 1 is 1.30 bits per heavy atom. The van der Waals surface area contributed by atoms with E-state index in [1.54, 1.807) is 30.5 Å². The summed E-state index contributed by atoms with van der Waals surface area (Å²) in [5.41, 5.74) is 1.42. The zero-order chi connectivity index (χ0) is 16.2. The van der Waals surface area contributed by atoms with Gasteiger partial charge in [0, 0.05) is 23.2 Å². The van der Waals surface area contributed by atoms with Gasteiger partial charge in [0.15, 0.2) is 0 Å². The molecule has 122 valence electrons. The van der Waals surface area contributed by atoms with Gasteiger partial charge in [0.2, 0.25) is 0 Å². The van der Waals surface area contributed by atoms with Crippen LogP contribution in [0.15, 0.2) is 29.3 Å². The lowest BCUT2D eigenvalue weighted by atomic mass is 9.90. The molecule has 1 atom stereocenters. The van der Waals surface area contributed by atoms with Crippen molar-refractivity contribution >= 4 is 28.6 Å². The minimum atomic E-state index is -1.34. The number of hydrogen-bond acceptors (Lipinski definition) is 4. The molecule has 0 bridgehead atoms. The molecule has 1 aromatic heterocycles. The van der Waals surface area contributed by atoms with Crippen LogP contribution in [-0.4, -0.2) is 22.5 Å². The van der Waals surface area contributed by atoms with Gasteiger partial charge < -0.3 is 0 Å². The van der Waals surface area contributed by atoms with Crippen LogP contribution in [0.2, 0.25) is 0 Å². The van der Waals surface area contributed by atoms with Crippen molar-refractivity contribution in [2.24, 2.45) is 0 Å². The van der Waals surface area contributed by atoms with Gasteiger partial charge >= 0.3 is 0 Å². The van der Waals surface area contributed by atoms with E-state index in [-0.39, 0.29) is 0 Å². The number of benzene rings is 1. The molecule has 1 aliphatic carbocycles. The van der Waals surface area contributed by atoms with Gasteiger partial charge in [-0.3, -0.25) is 4.79 Å². The zero-order valence-electron chi connectivity index (χ0n) is 13.1. The summed E-state index contributed by atoms with van der Waals surface area (Å²) in [5.74, 6) is 0.565. The van der Waals surface area contributed by atoms with Crippen LogP contribution in [0, 0.1) is 0 Å². The molecular weight excluding hydrogens is 328 g/mol. The molecule has 2 aromatic rings. The van der Waals surface area contributed by atoms with Crippen molar-refractivity contribution in [3.63, 3.8) is 0 Å². The predicted molar refractivity (Wildman–Crippen MR) is 94.2 cm³/mol. The van der Waals surface area contributed by atoms with Gasteiger partial charge in [-0.25, -0.2) is 13.9 Å². The first-order valence-corrected chi connectivity index (χ1v) is 9.84. The Kier molecular flexibility index (Phi) is 5.35. The molecule has 1 aliphatic rings. The summed E-state index contributed by atoms with van der Waals surface area (Å²) < 4.78 is 15.0. The lowest BCUT2D eigenvalue weighted by Crippen LogP contribution is -2.11. The Labute approximate surface area is 142 Å². The summed E-state index contributed by atoms with van der Waals surface area (Å²) >= 11 is 1.69. The van der Waals surface area contributed by atoms with Gasteiger partial charge in [-0.15, -0.1) is 11.3 Å². The average Bonchev–Trinajstić information content (AvgIpc) is 3.11. The zero-order valence-corrected chi connectivity index (χ0v) is 14.7. The summed E-state index contributed by atoms with van der Waals surface area (Å²) in [6, 6.07) is 5.32. The van der Waals surface area contributed by atoms with E-state index in [4.69, 9.17) is 0 Å². The Morgan fingerprint density at radius 3 is 2.78 bits per heavy atom. The quantitative estimate of drug-likeness (QED) is 0.833. The third kappa shape index (κ3) is 3.59. The molecule has 3 rings (SSSR count). The van der Waals surface area contributed by atoms with Crippen LogP contribution in [0.25, 0.3) is 10.4 Å². The molecule has 1 unspecified atom stereocenters. The molecule has 1 aromatic carbocycles. The molecular formula is C17H20N2O2S2. The highest BCUT2D eigenvalue weighted by atomic mass is 32.2. The molecule has 6 heteroatoms. The first-order chi connectivity index (χ1) is 11.2. The number of carbonyl (C=O) groups excluding carboxylic acids is 1. The number of nitrogens with one attached hydrogen (secondary N) is 1. The topological polar surface area (TPSA) is 59.1 Å². The fourth-order valence-electron chi connectivity index (χ4n) is 3.03. The van der Waals surface area contributed by atoms with Crippen molar-refractivity contribution in [2.45, 2.75) is 42.9 Å². The van der Waals surface area contributed by atoms with E-state index >= 15 is 0 Å². The van der Waals surface area contributed by atoms with E-state index in [0.717, 1.165) is 16.7 Å². The van der Waals surface area contributed by atoms with Gasteiger partial charge in [-0.1, -0.05) is 31.4 Å². The Bertz CT molecular complexity index is 721. The van der Waals surface area contributed by atoms with Crippen molar-refractivity contribution in [2.75, 3.05) is 7.05 Å². The predicted octanol–water partition coefficient (Wildman–Crippen LogP) is 3.91. The molecule has 1 fully saturated rings. The van der Waals surface area contributed by atoms with Crippen molar-refractivity contribution in [3.05, 3.63) is 35.0 Å². The normalized spacial score (nSPS) is 17.1. The molecule has 0 amide bonds. The molecule has 23 heavy (non-hydrogen) atoms. The molecule has 1 heterocycles. The number of thiazole rings is 1. The van der Waals surface area contributed by atoms with Gasteiger partial charge in [-0.05, 0) is 26.0 Å². The van der Waals surface area contributed by atoms with E-state index < -0.39 is 11.0 Å². The van der Waals surface area contributed by atoms with Crippen LogP contribution < -0.4 is 4.72 Å². The maximum Gasteiger partial charge on any atom is 0.150 e. The number of nitrogens with zero attached hydrogens (tertiary/aromatic N) is 1. The monoisotopic (exact) mass is 348 g/mol. The van der Waals surface area contributed by atoms with Gasteiger partial charge in [0.1, 0.15) is 17.3 Å². The number of aldehydes is 1. The highest BCUT2D eigenvalue weighted by molar-refractivity contribution is 7.83. The largest absolute Gasteiger partial charge is 0.298 e. The first-order valence-electron chi connectivity index (χ1n) is 7.87. The SMILES string of the molecule is CNS(=O)c1cc(C=O)ccc1-c1cnc(C2CCCCC2)s1. The van der Waals surface area contributed by atoms with E-state index in [1.165, 1.54) is 37.1 Å². The average molecular weight is 348 g/mol. The van der Waals surface area contributed by atoms with Gasteiger partial charge in [0.25, 0.3) is 0 Å². The number of carbonyl (C=O) groups is 1. The standard InChI is InChI=1S/C17H20N2O2S2/c1-18-23(21)16-9-12(11-20)7-8-14(16)15-10-19-17(22-15)13-5-3-2-4-6-13/h7-11,13,18H,2-6H2,1H3. The maximum absolute atomic E-state index is 12.3. The van der Waals surface area contributed by atoms with E-state index in [2.05, 4.69) is 9.71 Å². The number of hydrogen-bond donors (Lipinski definition) is 1. The molecule has 1 N–H and O–H groups in total. The van der Waals surface area contributed by atoms with Crippen molar-refractivity contribution in [1.29, 1.82) is 0 Å². The van der Waals surface area contributed by atoms with Crippen molar-refractivity contribution in [1.82, 2.24) is 9.71 Å². The first kappa shape index (κ1) is 16.5. The van der Waals surface area contributed by atoms with Crippen LogP contribution in [0.1, 0.15) is 53.4 Å². The summed E-state index contributed by atoms with van der Waals surface area (Å²) in [6.07, 6.45) is 8.97. The molecule has 1 saturated carbocycles. The number of rotatable bonds is 5. The number of aromatic nitrogens is 1. The minimum Gasteiger partial charge on any atom is -0.298 e. The summed E-state index contributed by atoms with van der Waals surface area (Å²) in [7, 11) is 0.307. The third-order valence-corrected chi connectivity index (χ3v) is 6.57. The second kappa shape index (κ2) is 7.47. The van der Waals surface area contributed by atoms with E-state index in [9.17, 15) is 9.00 Å². The smallest absolute Gasteiger partial charge is 0.150 e. The molecule has 4 nitrogen and oxygen atoms in total. The van der Waals surface area contributed by atoms with Gasteiger partial charge in [0.05, 0.1) is 14.8 Å². The summed E-state index contributed by atoms with van der Waals surface area (Å²) in [5, 5.41) is 1.18. The van der Waals surface area contributed by atoms with Crippen LogP contribution in [0.5, 0.6) is 0 Å². The molecule has 0 aliphatic heterocycles. The molecule has 0 spiro atoms. The van der Waals surface area contributed by atoms with E-state index in [0.29, 0.717) is 16.4 Å². The van der Waals surface area contributed by atoms with Crippen molar-refractivity contribution in [3.8, 4) is 10.4 Å². The van der Waals surface area contributed by atoms with Gasteiger partial charge in [-0.2, -0.15) is 0 Å². The second-order valence-corrected chi connectivity index (χ2v) is 8.19. The van der Waals surface area contributed by atoms with Crippen LogP contribution in [0.4, 0.5) is 0 Å².